The Morgan fingerprint density at radius 3 is 2.56 bits per heavy atom. The number of phenolic OH excluding ortho intramolecular Hbond substituents is 1. The number of carbonyl (C=O) groups excluding carboxylic acids is 2. The van der Waals surface area contributed by atoms with E-state index < -0.39 is 23.6 Å². The topological polar surface area (TPSA) is 84.9 Å². The van der Waals surface area contributed by atoms with Crippen LogP contribution in [0.4, 0.5) is 10.5 Å². The van der Waals surface area contributed by atoms with E-state index in [9.17, 15) is 14.7 Å². The summed E-state index contributed by atoms with van der Waals surface area (Å²) in [5, 5.41) is 15.5. The number of anilines is 1. The van der Waals surface area contributed by atoms with Gasteiger partial charge in [0.05, 0.1) is 22.5 Å². The third kappa shape index (κ3) is 6.46. The molecule has 0 fully saturated rings. The van der Waals surface area contributed by atoms with Gasteiger partial charge in [0, 0.05) is 20.8 Å². The summed E-state index contributed by atoms with van der Waals surface area (Å²) in [5.74, 6) is -0.488. The van der Waals surface area contributed by atoms with Gasteiger partial charge in [-0.2, -0.15) is 12.6 Å². The van der Waals surface area contributed by atoms with Crippen molar-refractivity contribution in [2.24, 2.45) is 5.41 Å². The van der Waals surface area contributed by atoms with Crippen molar-refractivity contribution in [2.75, 3.05) is 17.7 Å². The molecule has 0 aliphatic heterocycles. The molecule has 0 aliphatic rings. The average Bonchev–Trinajstić information content (AvgIpc) is 2.80. The number of hydrogen-bond donors (Lipinski definition) is 3. The molecular formula is C25H25Br2NO5S. The highest BCUT2D eigenvalue weighted by Crippen LogP contribution is 2.46. The molecular weight excluding hydrogens is 586 g/mol. The summed E-state index contributed by atoms with van der Waals surface area (Å²) in [6.45, 7) is 3.88. The number of halogens is 2. The number of rotatable bonds is 8. The van der Waals surface area contributed by atoms with Crippen molar-refractivity contribution >= 4 is 73.0 Å². The fraction of sp³-hybridized carbons (Fsp3) is 0.280. The van der Waals surface area contributed by atoms with Gasteiger partial charge in [-0.25, -0.2) is 4.79 Å². The number of phenols is 1. The number of carbonyl (C=O) groups is 2. The van der Waals surface area contributed by atoms with Crippen LogP contribution in [0.25, 0.3) is 10.8 Å². The van der Waals surface area contributed by atoms with Crippen LogP contribution in [0.2, 0.25) is 0 Å². The number of amides is 1. The van der Waals surface area contributed by atoms with Crippen molar-refractivity contribution in [3.05, 3.63) is 69.1 Å². The lowest BCUT2D eigenvalue weighted by molar-refractivity contribution is -0.141. The van der Waals surface area contributed by atoms with Crippen LogP contribution in [0, 0.1) is 5.41 Å². The molecule has 34 heavy (non-hydrogen) atoms. The summed E-state index contributed by atoms with van der Waals surface area (Å²) in [4.78, 5) is 24.6. The number of fused-ring (bicyclic) bond motifs is 1. The number of aromatic hydroxyl groups is 1. The third-order valence-corrected chi connectivity index (χ3v) is 6.76. The molecule has 6 nitrogen and oxygen atoms in total. The third-order valence-electron chi connectivity index (χ3n) is 5.44. The van der Waals surface area contributed by atoms with Crippen molar-refractivity contribution in [1.29, 1.82) is 0 Å². The SMILES string of the molecule is CC(C)(CCOC(=O)CS)[C@@H](OC(=O)Nc1cccc2ccccc12)c1cc(Br)cc(Br)c1O. The smallest absolute Gasteiger partial charge is 0.412 e. The first kappa shape index (κ1) is 26.4. The van der Waals surface area contributed by atoms with E-state index in [1.165, 1.54) is 0 Å². The highest BCUT2D eigenvalue weighted by molar-refractivity contribution is 9.11. The molecule has 1 atom stereocenters. The van der Waals surface area contributed by atoms with Crippen LogP contribution in [0.5, 0.6) is 5.75 Å². The monoisotopic (exact) mass is 609 g/mol. The van der Waals surface area contributed by atoms with Crippen molar-refractivity contribution in [3.63, 3.8) is 0 Å². The maximum Gasteiger partial charge on any atom is 0.412 e. The molecule has 0 aromatic heterocycles. The van der Waals surface area contributed by atoms with E-state index >= 15 is 0 Å². The lowest BCUT2D eigenvalue weighted by atomic mass is 9.79. The van der Waals surface area contributed by atoms with E-state index in [0.29, 0.717) is 26.6 Å². The van der Waals surface area contributed by atoms with Gasteiger partial charge in [0.15, 0.2) is 0 Å². The molecule has 1 amide bonds. The summed E-state index contributed by atoms with van der Waals surface area (Å²) in [7, 11) is 0. The van der Waals surface area contributed by atoms with Crippen LogP contribution in [0.1, 0.15) is 31.9 Å². The number of ether oxygens (including phenoxy) is 2. The molecule has 0 heterocycles. The molecule has 0 spiro atoms. The minimum atomic E-state index is -0.856. The summed E-state index contributed by atoms with van der Waals surface area (Å²) < 4.78 is 12.3. The minimum absolute atomic E-state index is 0.0207. The first-order valence-corrected chi connectivity index (χ1v) is 12.7. The fourth-order valence-electron chi connectivity index (χ4n) is 3.62. The molecule has 3 aromatic carbocycles. The Morgan fingerprint density at radius 1 is 1.12 bits per heavy atom. The van der Waals surface area contributed by atoms with Crippen molar-refractivity contribution in [1.82, 2.24) is 0 Å². The van der Waals surface area contributed by atoms with E-state index in [2.05, 4.69) is 49.8 Å². The number of nitrogens with one attached hydrogen (secondary N) is 1. The molecule has 3 aromatic rings. The Bertz CT molecular complexity index is 1200. The van der Waals surface area contributed by atoms with E-state index in [4.69, 9.17) is 9.47 Å². The lowest BCUT2D eigenvalue weighted by Gasteiger charge is -2.34. The minimum Gasteiger partial charge on any atom is -0.506 e. The van der Waals surface area contributed by atoms with Crippen molar-refractivity contribution in [2.45, 2.75) is 26.4 Å². The van der Waals surface area contributed by atoms with Gasteiger partial charge in [0.25, 0.3) is 0 Å². The molecule has 0 saturated carbocycles. The van der Waals surface area contributed by atoms with Gasteiger partial charge in [-0.3, -0.25) is 10.1 Å². The second kappa shape index (κ2) is 11.5. The van der Waals surface area contributed by atoms with Gasteiger partial charge in [-0.15, -0.1) is 0 Å². The van der Waals surface area contributed by atoms with Gasteiger partial charge >= 0.3 is 12.1 Å². The maximum atomic E-state index is 13.1. The van der Waals surface area contributed by atoms with Crippen LogP contribution < -0.4 is 5.32 Å². The first-order chi connectivity index (χ1) is 16.1. The Balaban J connectivity index is 1.90. The Labute approximate surface area is 220 Å². The average molecular weight is 611 g/mol. The zero-order chi connectivity index (χ0) is 24.9. The van der Waals surface area contributed by atoms with Crippen molar-refractivity contribution in [3.8, 4) is 5.75 Å². The van der Waals surface area contributed by atoms with Gasteiger partial charge in [-0.1, -0.05) is 66.2 Å². The van der Waals surface area contributed by atoms with E-state index in [1.807, 2.05) is 50.2 Å². The maximum absolute atomic E-state index is 13.1. The molecule has 180 valence electrons. The van der Waals surface area contributed by atoms with Crippen LogP contribution in [-0.2, 0) is 14.3 Å². The lowest BCUT2D eigenvalue weighted by Crippen LogP contribution is -2.30. The summed E-state index contributed by atoms with van der Waals surface area (Å²) in [6, 6.07) is 16.7. The van der Waals surface area contributed by atoms with Gasteiger partial charge in [-0.05, 0) is 45.9 Å². The molecule has 2 N–H and O–H groups in total. The second-order valence-corrected chi connectivity index (χ2v) is 10.5. The predicted octanol–water partition coefficient (Wildman–Crippen LogP) is 7.25. The first-order valence-electron chi connectivity index (χ1n) is 10.5. The van der Waals surface area contributed by atoms with Crippen LogP contribution >= 0.6 is 44.5 Å². The molecule has 3 rings (SSSR count). The van der Waals surface area contributed by atoms with Crippen LogP contribution in [0.15, 0.2) is 63.5 Å². The number of esters is 1. The fourth-order valence-corrected chi connectivity index (χ4v) is 4.96. The largest absolute Gasteiger partial charge is 0.506 e. The molecule has 0 aliphatic carbocycles. The van der Waals surface area contributed by atoms with E-state index in [-0.39, 0.29) is 18.1 Å². The molecule has 0 saturated heterocycles. The summed E-state index contributed by atoms with van der Waals surface area (Å²) in [5.41, 5.74) is 0.326. The zero-order valence-corrected chi connectivity index (χ0v) is 22.7. The van der Waals surface area contributed by atoms with Crippen LogP contribution in [-0.4, -0.2) is 29.5 Å². The zero-order valence-electron chi connectivity index (χ0n) is 18.7. The number of thiol groups is 1. The highest BCUT2D eigenvalue weighted by Gasteiger charge is 2.37. The predicted molar refractivity (Wildman–Crippen MR) is 144 cm³/mol. The highest BCUT2D eigenvalue weighted by atomic mass is 79.9. The Kier molecular flexibility index (Phi) is 8.89. The molecule has 0 unspecified atom stereocenters. The van der Waals surface area contributed by atoms with Crippen molar-refractivity contribution < 1.29 is 24.2 Å². The molecule has 9 heteroatoms. The number of benzene rings is 3. The molecule has 0 radical (unpaired) electrons. The summed E-state index contributed by atoms with van der Waals surface area (Å²) in [6.07, 6.45) is -1.15. The van der Waals surface area contributed by atoms with Gasteiger partial charge in [0.2, 0.25) is 0 Å². The van der Waals surface area contributed by atoms with Gasteiger partial charge in [0.1, 0.15) is 11.9 Å². The normalized spacial score (nSPS) is 12.3. The Morgan fingerprint density at radius 2 is 1.82 bits per heavy atom. The van der Waals surface area contributed by atoms with Crippen LogP contribution in [0.3, 0.4) is 0 Å². The van der Waals surface area contributed by atoms with E-state index in [1.54, 1.807) is 18.2 Å². The van der Waals surface area contributed by atoms with Gasteiger partial charge < -0.3 is 14.6 Å². The standard InChI is InChI=1S/C25H25Br2NO5S/c1-25(2,10-11-32-21(29)14-34)23(18-12-16(26)13-19(27)22(18)30)33-24(31)28-20-9-5-7-15-6-3-4-8-17(15)20/h3-9,12-13,23,30,34H,10-11,14H2,1-2H3,(H,28,31)/t23-/m0/s1. The Hall–Kier alpha value is -2.23. The second-order valence-electron chi connectivity index (χ2n) is 8.38. The van der Waals surface area contributed by atoms with E-state index in [0.717, 1.165) is 10.8 Å². The molecule has 0 bridgehead atoms. The summed E-state index contributed by atoms with van der Waals surface area (Å²) >= 11 is 10.7. The quantitative estimate of drug-likeness (QED) is 0.185. The number of hydrogen-bond acceptors (Lipinski definition) is 6.